The second-order valence-electron chi connectivity index (χ2n) is 4.21. The Balaban J connectivity index is 2.34. The molecule has 1 N–H and O–H groups in total. The number of hydrogen-bond acceptors (Lipinski definition) is 4. The van der Waals surface area contributed by atoms with Crippen molar-refractivity contribution >= 4 is 0 Å². The van der Waals surface area contributed by atoms with E-state index in [4.69, 9.17) is 13.9 Å². The second-order valence-corrected chi connectivity index (χ2v) is 4.21. The van der Waals surface area contributed by atoms with Gasteiger partial charge in [0.1, 0.15) is 29.1 Å². The zero-order chi connectivity index (χ0) is 13.8. The first kappa shape index (κ1) is 13.5. The van der Waals surface area contributed by atoms with E-state index in [-0.39, 0.29) is 0 Å². The molecule has 2 aromatic rings. The van der Waals surface area contributed by atoms with Crippen LogP contribution in [0.25, 0.3) is 0 Å². The molecule has 1 unspecified atom stereocenters. The molecule has 1 heterocycles. The van der Waals surface area contributed by atoms with Crippen molar-refractivity contribution in [3.8, 4) is 11.5 Å². The minimum atomic E-state index is -0.829. The molecule has 4 nitrogen and oxygen atoms in total. The van der Waals surface area contributed by atoms with Gasteiger partial charge in [0.2, 0.25) is 0 Å². The van der Waals surface area contributed by atoms with Gasteiger partial charge in [0.05, 0.1) is 14.2 Å². The molecule has 102 valence electrons. The number of furan rings is 1. The SMILES string of the molecule is CCc1ccc(C(O)c2cc(OC)cc(OC)c2)o1. The van der Waals surface area contributed by atoms with Crippen LogP contribution in [0.15, 0.2) is 34.7 Å². The molecule has 1 aromatic carbocycles. The van der Waals surface area contributed by atoms with E-state index in [1.807, 2.05) is 13.0 Å². The van der Waals surface area contributed by atoms with Crippen LogP contribution in [-0.2, 0) is 6.42 Å². The van der Waals surface area contributed by atoms with Crippen molar-refractivity contribution in [1.82, 2.24) is 0 Å². The third-order valence-corrected chi connectivity index (χ3v) is 2.99. The van der Waals surface area contributed by atoms with Gasteiger partial charge in [-0.15, -0.1) is 0 Å². The van der Waals surface area contributed by atoms with Crippen molar-refractivity contribution in [1.29, 1.82) is 0 Å². The van der Waals surface area contributed by atoms with E-state index in [1.54, 1.807) is 38.5 Å². The van der Waals surface area contributed by atoms with Gasteiger partial charge >= 0.3 is 0 Å². The van der Waals surface area contributed by atoms with Crippen molar-refractivity contribution in [2.45, 2.75) is 19.4 Å². The van der Waals surface area contributed by atoms with Gasteiger partial charge in [0.25, 0.3) is 0 Å². The highest BCUT2D eigenvalue weighted by Gasteiger charge is 2.16. The Kier molecular flexibility index (Phi) is 4.12. The topological polar surface area (TPSA) is 51.8 Å². The Labute approximate surface area is 112 Å². The Morgan fingerprint density at radius 1 is 1.11 bits per heavy atom. The lowest BCUT2D eigenvalue weighted by atomic mass is 10.1. The molecule has 1 aromatic heterocycles. The lowest BCUT2D eigenvalue weighted by Gasteiger charge is -2.12. The van der Waals surface area contributed by atoms with Gasteiger partial charge in [0.15, 0.2) is 0 Å². The van der Waals surface area contributed by atoms with E-state index >= 15 is 0 Å². The summed E-state index contributed by atoms with van der Waals surface area (Å²) in [6.07, 6.45) is -0.0296. The van der Waals surface area contributed by atoms with E-state index in [0.29, 0.717) is 22.8 Å². The molecule has 0 aliphatic heterocycles. The summed E-state index contributed by atoms with van der Waals surface area (Å²) in [4.78, 5) is 0. The summed E-state index contributed by atoms with van der Waals surface area (Å²) in [6, 6.07) is 8.95. The first-order valence-corrected chi connectivity index (χ1v) is 6.17. The first-order chi connectivity index (χ1) is 9.17. The number of ether oxygens (including phenoxy) is 2. The smallest absolute Gasteiger partial charge is 0.137 e. The maximum Gasteiger partial charge on any atom is 0.137 e. The standard InChI is InChI=1S/C15H18O4/c1-4-11-5-6-14(19-11)15(16)10-7-12(17-2)9-13(8-10)18-3/h5-9,15-16H,4H2,1-3H3. The molecule has 1 atom stereocenters. The number of rotatable bonds is 5. The normalized spacial score (nSPS) is 12.2. The Hall–Kier alpha value is -1.94. The van der Waals surface area contributed by atoms with Crippen LogP contribution in [-0.4, -0.2) is 19.3 Å². The Morgan fingerprint density at radius 2 is 1.74 bits per heavy atom. The molecule has 0 amide bonds. The Bertz CT molecular complexity index is 523. The van der Waals surface area contributed by atoms with E-state index < -0.39 is 6.10 Å². The fraction of sp³-hybridized carbons (Fsp3) is 0.333. The summed E-state index contributed by atoms with van der Waals surface area (Å²) in [5.74, 6) is 2.64. The second kappa shape index (κ2) is 5.80. The fourth-order valence-corrected chi connectivity index (χ4v) is 1.88. The summed E-state index contributed by atoms with van der Waals surface area (Å²) in [7, 11) is 3.15. The van der Waals surface area contributed by atoms with E-state index in [0.717, 1.165) is 12.2 Å². The largest absolute Gasteiger partial charge is 0.497 e. The third kappa shape index (κ3) is 2.90. The maximum absolute atomic E-state index is 10.3. The molecule has 0 aliphatic carbocycles. The third-order valence-electron chi connectivity index (χ3n) is 2.99. The van der Waals surface area contributed by atoms with E-state index in [1.165, 1.54) is 0 Å². The van der Waals surface area contributed by atoms with Gasteiger partial charge in [-0.25, -0.2) is 0 Å². The van der Waals surface area contributed by atoms with Gasteiger partial charge in [-0.1, -0.05) is 6.92 Å². The lowest BCUT2D eigenvalue weighted by molar-refractivity contribution is 0.186. The van der Waals surface area contributed by atoms with Gasteiger partial charge < -0.3 is 19.0 Å². The van der Waals surface area contributed by atoms with Crippen LogP contribution in [0.4, 0.5) is 0 Å². The zero-order valence-corrected chi connectivity index (χ0v) is 11.3. The summed E-state index contributed by atoms with van der Waals surface area (Å²) in [5.41, 5.74) is 0.674. The Morgan fingerprint density at radius 3 is 2.21 bits per heavy atom. The molecule has 0 saturated heterocycles. The van der Waals surface area contributed by atoms with Crippen molar-refractivity contribution in [2.75, 3.05) is 14.2 Å². The van der Waals surface area contributed by atoms with Gasteiger partial charge in [0, 0.05) is 12.5 Å². The lowest BCUT2D eigenvalue weighted by Crippen LogP contribution is -1.99. The van der Waals surface area contributed by atoms with Crippen molar-refractivity contribution < 1.29 is 19.0 Å². The summed E-state index contributed by atoms with van der Waals surface area (Å²) >= 11 is 0. The molecular formula is C15H18O4. The van der Waals surface area contributed by atoms with Crippen molar-refractivity contribution in [2.24, 2.45) is 0 Å². The minimum absolute atomic E-state index is 0.521. The molecule has 0 bridgehead atoms. The van der Waals surface area contributed by atoms with Gasteiger partial charge in [-0.05, 0) is 29.8 Å². The van der Waals surface area contributed by atoms with Crippen LogP contribution in [0.1, 0.15) is 30.1 Å². The van der Waals surface area contributed by atoms with E-state index in [9.17, 15) is 5.11 Å². The molecule has 0 aliphatic rings. The zero-order valence-electron chi connectivity index (χ0n) is 11.3. The molecule has 19 heavy (non-hydrogen) atoms. The fourth-order valence-electron chi connectivity index (χ4n) is 1.88. The number of methoxy groups -OCH3 is 2. The summed E-state index contributed by atoms with van der Waals surface area (Å²) in [6.45, 7) is 2.00. The van der Waals surface area contributed by atoms with Gasteiger partial charge in [-0.3, -0.25) is 0 Å². The summed E-state index contributed by atoms with van der Waals surface area (Å²) in [5, 5.41) is 10.3. The highest BCUT2D eigenvalue weighted by atomic mass is 16.5. The number of aryl methyl sites for hydroxylation is 1. The van der Waals surface area contributed by atoms with Crippen LogP contribution in [0, 0.1) is 0 Å². The number of aliphatic hydroxyl groups is 1. The molecule has 2 rings (SSSR count). The highest BCUT2D eigenvalue weighted by Crippen LogP contribution is 2.30. The molecule has 4 heteroatoms. The van der Waals surface area contributed by atoms with Crippen molar-refractivity contribution in [3.05, 3.63) is 47.4 Å². The van der Waals surface area contributed by atoms with E-state index in [2.05, 4.69) is 0 Å². The molecule has 0 spiro atoms. The monoisotopic (exact) mass is 262 g/mol. The minimum Gasteiger partial charge on any atom is -0.497 e. The van der Waals surface area contributed by atoms with Crippen LogP contribution >= 0.6 is 0 Å². The van der Waals surface area contributed by atoms with Crippen molar-refractivity contribution in [3.63, 3.8) is 0 Å². The molecule has 0 saturated carbocycles. The quantitative estimate of drug-likeness (QED) is 0.900. The average Bonchev–Trinajstić information content (AvgIpc) is 2.94. The van der Waals surface area contributed by atoms with Crippen LogP contribution < -0.4 is 9.47 Å². The first-order valence-electron chi connectivity index (χ1n) is 6.17. The maximum atomic E-state index is 10.3. The molecule has 0 fully saturated rings. The predicted molar refractivity (Wildman–Crippen MR) is 71.7 cm³/mol. The summed E-state index contributed by atoms with van der Waals surface area (Å²) < 4.78 is 15.9. The number of aliphatic hydroxyl groups excluding tert-OH is 1. The predicted octanol–water partition coefficient (Wildman–Crippen LogP) is 2.94. The molecule has 0 radical (unpaired) electrons. The van der Waals surface area contributed by atoms with Crippen LogP contribution in [0.5, 0.6) is 11.5 Å². The average molecular weight is 262 g/mol. The molecular weight excluding hydrogens is 244 g/mol. The van der Waals surface area contributed by atoms with Crippen LogP contribution in [0.3, 0.4) is 0 Å². The number of hydrogen-bond donors (Lipinski definition) is 1. The van der Waals surface area contributed by atoms with Gasteiger partial charge in [-0.2, -0.15) is 0 Å². The highest BCUT2D eigenvalue weighted by molar-refractivity contribution is 5.41. The van der Waals surface area contributed by atoms with Crippen LogP contribution in [0.2, 0.25) is 0 Å². The number of benzene rings is 1.